The van der Waals surface area contributed by atoms with Crippen LogP contribution in [-0.4, -0.2) is 71.1 Å². The minimum Gasteiger partial charge on any atom is -0.459 e. The van der Waals surface area contributed by atoms with Crippen LogP contribution in [0.3, 0.4) is 0 Å². The summed E-state index contributed by atoms with van der Waals surface area (Å²) in [6.07, 6.45) is 6.13. The molecule has 2 saturated carbocycles. The highest BCUT2D eigenvalue weighted by Crippen LogP contribution is 2.36. The Balaban J connectivity index is 1.50. The number of Topliss-reactive ketones (excluding diaryl/α,β-unsaturated/α-hetero) is 1. The van der Waals surface area contributed by atoms with Crippen LogP contribution in [0.25, 0.3) is 0 Å². The van der Waals surface area contributed by atoms with E-state index in [4.69, 9.17) is 10.5 Å². The number of hydrogen-bond donors (Lipinski definition) is 4. The molecule has 1 saturated heterocycles. The summed E-state index contributed by atoms with van der Waals surface area (Å²) in [5.41, 5.74) is 5.37. The largest absolute Gasteiger partial charge is 0.459 e. The molecule has 12 nitrogen and oxygen atoms in total. The molecule has 0 radical (unpaired) electrons. The number of rotatable bonds is 14. The second-order valence-electron chi connectivity index (χ2n) is 15.2. The molecule has 0 bridgehead atoms. The summed E-state index contributed by atoms with van der Waals surface area (Å²) in [5, 5.41) is 8.41. The van der Waals surface area contributed by atoms with E-state index in [1.54, 1.807) is 0 Å². The van der Waals surface area contributed by atoms with Crippen molar-refractivity contribution >= 4 is 35.5 Å². The van der Waals surface area contributed by atoms with Crippen LogP contribution in [0.15, 0.2) is 30.3 Å². The van der Waals surface area contributed by atoms with E-state index < -0.39 is 65.1 Å². The van der Waals surface area contributed by atoms with Crippen molar-refractivity contribution in [3.05, 3.63) is 35.9 Å². The lowest BCUT2D eigenvalue weighted by Crippen LogP contribution is -2.62. The van der Waals surface area contributed by atoms with Gasteiger partial charge in [-0.05, 0) is 60.3 Å². The number of nitrogens with zero attached hydrogens (tertiary/aromatic N) is 1. The van der Waals surface area contributed by atoms with Gasteiger partial charge in [0.15, 0.2) is 0 Å². The number of primary amides is 1. The zero-order valence-corrected chi connectivity index (χ0v) is 29.0. The highest BCUT2D eigenvalue weighted by atomic mass is 16.5. The van der Waals surface area contributed by atoms with Crippen molar-refractivity contribution in [2.24, 2.45) is 34.8 Å². The first-order valence-corrected chi connectivity index (χ1v) is 17.4. The first-order valence-electron chi connectivity index (χ1n) is 17.4. The van der Waals surface area contributed by atoms with Gasteiger partial charge in [0.05, 0.1) is 6.04 Å². The molecule has 3 fully saturated rings. The van der Waals surface area contributed by atoms with Crippen molar-refractivity contribution in [2.75, 3.05) is 6.54 Å². The van der Waals surface area contributed by atoms with Gasteiger partial charge in [-0.25, -0.2) is 9.59 Å². The molecule has 0 spiro atoms. The third kappa shape index (κ3) is 9.56. The minimum atomic E-state index is -1.11. The summed E-state index contributed by atoms with van der Waals surface area (Å²) in [4.78, 5) is 81.0. The van der Waals surface area contributed by atoms with Gasteiger partial charge in [0, 0.05) is 6.54 Å². The number of urea groups is 1. The molecule has 5 N–H and O–H groups in total. The monoisotopic (exact) mass is 667 g/mol. The number of likely N-dealkylation sites (tertiary alicyclic amines) is 1. The zero-order chi connectivity index (χ0) is 35.2. The molecule has 48 heavy (non-hydrogen) atoms. The minimum absolute atomic E-state index is 0.0330. The number of amides is 5. The Labute approximate surface area is 283 Å². The van der Waals surface area contributed by atoms with E-state index in [1.165, 1.54) is 4.90 Å². The van der Waals surface area contributed by atoms with Crippen molar-refractivity contribution in [1.29, 1.82) is 0 Å². The van der Waals surface area contributed by atoms with E-state index in [0.717, 1.165) is 44.1 Å². The lowest BCUT2D eigenvalue weighted by molar-refractivity contribution is -0.148. The van der Waals surface area contributed by atoms with E-state index in [2.05, 4.69) is 16.0 Å². The molecule has 1 aromatic carbocycles. The Hall–Kier alpha value is -3.96. The molecule has 3 aliphatic rings. The topological polar surface area (TPSA) is 177 Å². The molecule has 5 atom stereocenters. The lowest BCUT2D eigenvalue weighted by atomic mass is 9.84. The number of carbonyl (C=O) groups is 6. The van der Waals surface area contributed by atoms with Crippen LogP contribution in [0.1, 0.15) is 91.5 Å². The smallest absolute Gasteiger partial charge is 0.329 e. The number of benzene rings is 1. The van der Waals surface area contributed by atoms with Crippen LogP contribution in [-0.2, 0) is 35.3 Å². The quantitative estimate of drug-likeness (QED) is 0.174. The van der Waals surface area contributed by atoms with Crippen molar-refractivity contribution < 1.29 is 33.5 Å². The molecule has 12 heteroatoms. The Morgan fingerprint density at radius 3 is 2.12 bits per heavy atom. The summed E-state index contributed by atoms with van der Waals surface area (Å²) in [6.45, 7) is 9.77. The average Bonchev–Trinajstić information content (AvgIpc) is 3.47. The van der Waals surface area contributed by atoms with Crippen LogP contribution >= 0.6 is 0 Å². The first kappa shape index (κ1) is 36.9. The van der Waals surface area contributed by atoms with Gasteiger partial charge in [0.25, 0.3) is 5.91 Å². The van der Waals surface area contributed by atoms with E-state index in [9.17, 15) is 28.8 Å². The fourth-order valence-electron chi connectivity index (χ4n) is 7.05. The maximum absolute atomic E-state index is 14.3. The molecule has 0 aromatic heterocycles. The SMILES string of the molecule is CC(C)[C@H]1CCN(C(=O)[C@@H](NC(=O)N[C@H](C(=O)OCc2ccccc2)C2CCCC2)C(C)(C)C)[C@@H]1C(=O)NC(CC1CC1)C(=O)C(N)=O. The number of esters is 1. The van der Waals surface area contributed by atoms with E-state index in [1.807, 2.05) is 65.0 Å². The highest BCUT2D eigenvalue weighted by molar-refractivity contribution is 6.37. The molecule has 4 rings (SSSR count). The first-order chi connectivity index (χ1) is 22.7. The summed E-state index contributed by atoms with van der Waals surface area (Å²) >= 11 is 0. The van der Waals surface area contributed by atoms with Crippen molar-refractivity contribution in [1.82, 2.24) is 20.9 Å². The van der Waals surface area contributed by atoms with E-state index >= 15 is 0 Å². The third-order valence-corrected chi connectivity index (χ3v) is 10.0. The fourth-order valence-corrected chi connectivity index (χ4v) is 7.05. The molecular weight excluding hydrogens is 614 g/mol. The Bertz CT molecular complexity index is 1330. The summed E-state index contributed by atoms with van der Waals surface area (Å²) in [5.74, 6) is -3.47. The highest BCUT2D eigenvalue weighted by Gasteiger charge is 2.48. The van der Waals surface area contributed by atoms with Crippen molar-refractivity contribution in [3.63, 3.8) is 0 Å². The normalized spacial score (nSPS) is 21.7. The second-order valence-corrected chi connectivity index (χ2v) is 15.2. The van der Waals surface area contributed by atoms with Gasteiger partial charge < -0.3 is 31.3 Å². The molecule has 1 heterocycles. The predicted octanol–water partition coefficient (Wildman–Crippen LogP) is 3.21. The molecule has 2 aliphatic carbocycles. The molecular formula is C36H53N5O7. The second kappa shape index (κ2) is 16.0. The van der Waals surface area contributed by atoms with Gasteiger partial charge in [-0.15, -0.1) is 0 Å². The van der Waals surface area contributed by atoms with Crippen LogP contribution in [0.4, 0.5) is 4.79 Å². The number of nitrogens with two attached hydrogens (primary N) is 1. The average molecular weight is 668 g/mol. The standard InChI is InChI=1S/C36H53N5O7/c1-21(2)25-17-18-41(28(25)32(44)38-26(19-22-15-16-22)29(42)31(37)43)33(45)30(36(3,4)5)40-35(47)39-27(24-13-9-10-14-24)34(46)48-20-23-11-7-6-8-12-23/h6-8,11-12,21-22,24-28,30H,9-10,13-20H2,1-5H3,(H2,37,43)(H,38,44)(H2,39,40,47)/t25-,26?,27+,28+,30-/m1/s1. The predicted molar refractivity (Wildman–Crippen MR) is 179 cm³/mol. The van der Waals surface area contributed by atoms with Crippen molar-refractivity contribution in [3.8, 4) is 0 Å². The van der Waals surface area contributed by atoms with Gasteiger partial charge in [-0.1, -0.05) is 90.6 Å². The Kier molecular flexibility index (Phi) is 12.3. The Morgan fingerprint density at radius 2 is 1.56 bits per heavy atom. The molecule has 5 amide bonds. The molecule has 1 unspecified atom stereocenters. The lowest BCUT2D eigenvalue weighted by Gasteiger charge is -2.37. The van der Waals surface area contributed by atoms with E-state index in [-0.39, 0.29) is 36.8 Å². The summed E-state index contributed by atoms with van der Waals surface area (Å²) < 4.78 is 5.62. The molecule has 1 aromatic rings. The van der Waals surface area contributed by atoms with Crippen LogP contribution < -0.4 is 21.7 Å². The summed E-state index contributed by atoms with van der Waals surface area (Å²) in [7, 11) is 0. The van der Waals surface area contributed by atoms with Crippen molar-refractivity contribution in [2.45, 2.75) is 117 Å². The van der Waals surface area contributed by atoms with E-state index in [0.29, 0.717) is 12.8 Å². The van der Waals surface area contributed by atoms with Crippen LogP contribution in [0, 0.1) is 29.1 Å². The number of ketones is 1. The number of ether oxygens (including phenoxy) is 1. The number of nitrogens with one attached hydrogen (secondary N) is 3. The third-order valence-electron chi connectivity index (χ3n) is 10.0. The molecule has 264 valence electrons. The zero-order valence-electron chi connectivity index (χ0n) is 29.0. The van der Waals surface area contributed by atoms with Crippen LogP contribution in [0.2, 0.25) is 0 Å². The maximum Gasteiger partial charge on any atom is 0.329 e. The van der Waals surface area contributed by atoms with Gasteiger partial charge in [-0.3, -0.25) is 19.2 Å². The van der Waals surface area contributed by atoms with Gasteiger partial charge >= 0.3 is 12.0 Å². The fraction of sp³-hybridized carbons (Fsp3) is 0.667. The number of hydrogen-bond acceptors (Lipinski definition) is 7. The van der Waals surface area contributed by atoms with Crippen LogP contribution in [0.5, 0.6) is 0 Å². The molecule has 1 aliphatic heterocycles. The maximum atomic E-state index is 14.3. The van der Waals surface area contributed by atoms with Gasteiger partial charge in [0.2, 0.25) is 17.6 Å². The summed E-state index contributed by atoms with van der Waals surface area (Å²) in [6, 6.07) is 4.75. The Morgan fingerprint density at radius 1 is 0.917 bits per heavy atom. The van der Waals surface area contributed by atoms with Gasteiger partial charge in [-0.2, -0.15) is 0 Å². The van der Waals surface area contributed by atoms with Gasteiger partial charge in [0.1, 0.15) is 24.7 Å². The number of carbonyl (C=O) groups excluding carboxylic acids is 6.